The number of hydrogen-bond donors (Lipinski definition) is 5. The number of nitrogens with two attached hydrogens (primary N) is 1. The predicted octanol–water partition coefficient (Wildman–Crippen LogP) is 3.53. The second-order valence-corrected chi connectivity index (χ2v) is 10.6. The van der Waals surface area contributed by atoms with E-state index in [4.69, 9.17) is 10.5 Å². The lowest BCUT2D eigenvalue weighted by Gasteiger charge is -2.15. The Hall–Kier alpha value is -3.60. The van der Waals surface area contributed by atoms with Crippen molar-refractivity contribution in [3.05, 3.63) is 78.0 Å². The van der Waals surface area contributed by atoms with Crippen LogP contribution in [-0.2, 0) is 10.0 Å². The second kappa shape index (κ2) is 10.2. The van der Waals surface area contributed by atoms with Crippen LogP contribution >= 0.6 is 0 Å². The summed E-state index contributed by atoms with van der Waals surface area (Å²) in [4.78, 5) is 0.0740. The van der Waals surface area contributed by atoms with E-state index in [1.54, 1.807) is 36.4 Å². The summed E-state index contributed by atoms with van der Waals surface area (Å²) in [6, 6.07) is 18.7. The summed E-state index contributed by atoms with van der Waals surface area (Å²) in [5, 5.41) is 22.4. The molecule has 1 unspecified atom stereocenters. The highest BCUT2D eigenvalue weighted by Gasteiger charge is 2.27. The molecule has 1 aliphatic carbocycles. The van der Waals surface area contributed by atoms with E-state index in [0.29, 0.717) is 36.0 Å². The number of aromatic amines is 1. The van der Waals surface area contributed by atoms with Crippen molar-refractivity contribution in [3.63, 3.8) is 0 Å². The second-order valence-electron chi connectivity index (χ2n) is 8.96. The molecule has 9 nitrogen and oxygen atoms in total. The summed E-state index contributed by atoms with van der Waals surface area (Å²) in [6.07, 6.45) is 1.62. The maximum absolute atomic E-state index is 12.6. The van der Waals surface area contributed by atoms with Gasteiger partial charge >= 0.3 is 0 Å². The van der Waals surface area contributed by atoms with Crippen LogP contribution in [0, 0.1) is 0 Å². The molecular weight excluding hydrogens is 478 g/mol. The van der Waals surface area contributed by atoms with E-state index in [1.807, 2.05) is 18.2 Å². The predicted molar refractivity (Wildman–Crippen MR) is 139 cm³/mol. The highest BCUT2D eigenvalue weighted by molar-refractivity contribution is 7.92. The molecule has 1 aliphatic rings. The van der Waals surface area contributed by atoms with Crippen LogP contribution in [0.3, 0.4) is 0 Å². The Bertz CT molecular complexity index is 1470. The SMILES string of the molecule is Nc1cccc(S(=O)(=O)Nc2cccc(C(O)CNCCOc3ccc4c(C5CC5)[nH]nc4c3)c2)c1. The number of ether oxygens (including phenoxy) is 1. The Kier molecular flexibility index (Phi) is 6.82. The van der Waals surface area contributed by atoms with Gasteiger partial charge in [0.05, 0.1) is 16.5 Å². The smallest absolute Gasteiger partial charge is 0.261 e. The third-order valence-corrected chi connectivity index (χ3v) is 7.50. The van der Waals surface area contributed by atoms with Gasteiger partial charge in [0.1, 0.15) is 12.4 Å². The van der Waals surface area contributed by atoms with Crippen LogP contribution in [0.15, 0.2) is 71.6 Å². The summed E-state index contributed by atoms with van der Waals surface area (Å²) < 4.78 is 33.6. The lowest BCUT2D eigenvalue weighted by atomic mass is 10.1. The van der Waals surface area contributed by atoms with Crippen LogP contribution < -0.4 is 20.5 Å². The van der Waals surface area contributed by atoms with Crippen molar-refractivity contribution >= 4 is 32.3 Å². The van der Waals surface area contributed by atoms with Gasteiger partial charge in [0.25, 0.3) is 10.0 Å². The highest BCUT2D eigenvalue weighted by atomic mass is 32.2. The molecule has 0 radical (unpaired) electrons. The van der Waals surface area contributed by atoms with Crippen molar-refractivity contribution in [2.75, 3.05) is 30.2 Å². The number of H-pyrrole nitrogens is 1. The fourth-order valence-corrected chi connectivity index (χ4v) is 5.19. The van der Waals surface area contributed by atoms with Gasteiger partial charge in [0, 0.05) is 47.5 Å². The van der Waals surface area contributed by atoms with Crippen LogP contribution in [0.25, 0.3) is 10.9 Å². The minimum atomic E-state index is -3.79. The van der Waals surface area contributed by atoms with Crippen molar-refractivity contribution in [1.82, 2.24) is 15.5 Å². The van der Waals surface area contributed by atoms with E-state index in [0.717, 1.165) is 16.7 Å². The van der Waals surface area contributed by atoms with Gasteiger partial charge in [-0.05, 0) is 60.9 Å². The first-order valence-electron chi connectivity index (χ1n) is 11.9. The molecule has 6 N–H and O–H groups in total. The highest BCUT2D eigenvalue weighted by Crippen LogP contribution is 2.42. The van der Waals surface area contributed by atoms with Gasteiger partial charge in [0.15, 0.2) is 0 Å². The number of hydrogen-bond acceptors (Lipinski definition) is 7. The molecule has 0 bridgehead atoms. The number of aliphatic hydroxyl groups excluding tert-OH is 1. The van der Waals surface area contributed by atoms with Crippen molar-refractivity contribution in [2.45, 2.75) is 29.8 Å². The number of nitrogens with one attached hydrogen (secondary N) is 3. The number of anilines is 2. The quantitative estimate of drug-likeness (QED) is 0.154. The lowest BCUT2D eigenvalue weighted by molar-refractivity contribution is 0.172. The van der Waals surface area contributed by atoms with Crippen molar-refractivity contribution in [3.8, 4) is 5.75 Å². The number of fused-ring (bicyclic) bond motifs is 1. The molecule has 0 amide bonds. The van der Waals surface area contributed by atoms with Crippen LogP contribution in [0.2, 0.25) is 0 Å². The Labute approximate surface area is 209 Å². The zero-order valence-corrected chi connectivity index (χ0v) is 20.5. The largest absolute Gasteiger partial charge is 0.492 e. The Balaban J connectivity index is 1.10. The van der Waals surface area contributed by atoms with E-state index in [-0.39, 0.29) is 11.4 Å². The average molecular weight is 508 g/mol. The Morgan fingerprint density at radius 1 is 1.11 bits per heavy atom. The molecule has 10 heteroatoms. The van der Waals surface area contributed by atoms with Crippen molar-refractivity contribution in [1.29, 1.82) is 0 Å². The summed E-state index contributed by atoms with van der Waals surface area (Å²) >= 11 is 0. The summed E-state index contributed by atoms with van der Waals surface area (Å²) in [5.74, 6) is 1.36. The molecule has 36 heavy (non-hydrogen) atoms. The van der Waals surface area contributed by atoms with E-state index >= 15 is 0 Å². The number of aliphatic hydroxyl groups is 1. The molecular formula is C26H29N5O4S. The van der Waals surface area contributed by atoms with Gasteiger partial charge in [-0.15, -0.1) is 0 Å². The van der Waals surface area contributed by atoms with Gasteiger partial charge in [-0.25, -0.2) is 8.42 Å². The number of benzene rings is 3. The maximum atomic E-state index is 12.6. The first-order chi connectivity index (χ1) is 17.4. The molecule has 0 saturated heterocycles. The number of aromatic nitrogens is 2. The topological polar surface area (TPSA) is 142 Å². The van der Waals surface area contributed by atoms with E-state index < -0.39 is 16.1 Å². The van der Waals surface area contributed by atoms with Crippen molar-refractivity contribution < 1.29 is 18.3 Å². The number of nitrogens with zero attached hydrogens (tertiary/aromatic N) is 1. The standard InChI is InChI=1S/C26H29N5O4S/c27-19-4-2-6-22(14-19)36(33,34)31-20-5-1-3-18(13-20)25(32)16-28-11-12-35-21-9-10-23-24(15-21)29-30-26(23)17-7-8-17/h1-6,9-10,13-15,17,25,28,31-32H,7-8,11-12,16,27H2,(H,29,30). The molecule has 188 valence electrons. The van der Waals surface area contributed by atoms with Crippen LogP contribution in [0.1, 0.15) is 36.1 Å². The van der Waals surface area contributed by atoms with Crippen molar-refractivity contribution in [2.24, 2.45) is 0 Å². The molecule has 5 rings (SSSR count). The molecule has 1 atom stereocenters. The van der Waals surface area contributed by atoms with Gasteiger partial charge in [-0.1, -0.05) is 18.2 Å². The molecule has 0 spiro atoms. The Morgan fingerprint density at radius 3 is 2.75 bits per heavy atom. The van der Waals surface area contributed by atoms with Gasteiger partial charge < -0.3 is 20.9 Å². The van der Waals surface area contributed by atoms with Gasteiger partial charge in [-0.2, -0.15) is 5.10 Å². The average Bonchev–Trinajstić information content (AvgIpc) is 3.62. The maximum Gasteiger partial charge on any atom is 0.261 e. The van der Waals surface area contributed by atoms with Gasteiger partial charge in [0.2, 0.25) is 0 Å². The molecule has 1 saturated carbocycles. The van der Waals surface area contributed by atoms with E-state index in [2.05, 4.69) is 20.2 Å². The molecule has 1 fully saturated rings. The Morgan fingerprint density at radius 2 is 1.94 bits per heavy atom. The number of rotatable bonds is 11. The molecule has 0 aliphatic heterocycles. The normalized spacial score (nSPS) is 14.6. The zero-order valence-electron chi connectivity index (χ0n) is 19.6. The minimum Gasteiger partial charge on any atom is -0.492 e. The number of nitrogen functional groups attached to an aromatic ring is 1. The summed E-state index contributed by atoms with van der Waals surface area (Å²) in [7, 11) is -3.79. The zero-order chi connectivity index (χ0) is 25.1. The third kappa shape index (κ3) is 5.62. The first kappa shape index (κ1) is 24.1. The molecule has 4 aromatic rings. The van der Waals surface area contributed by atoms with E-state index in [9.17, 15) is 13.5 Å². The van der Waals surface area contributed by atoms with Crippen LogP contribution in [0.4, 0.5) is 11.4 Å². The van der Waals surface area contributed by atoms with Crippen LogP contribution in [0.5, 0.6) is 5.75 Å². The van der Waals surface area contributed by atoms with Crippen LogP contribution in [-0.4, -0.2) is 43.4 Å². The number of sulfonamides is 1. The fourth-order valence-electron chi connectivity index (χ4n) is 4.09. The summed E-state index contributed by atoms with van der Waals surface area (Å²) in [6.45, 7) is 1.25. The lowest BCUT2D eigenvalue weighted by Crippen LogP contribution is -2.26. The monoisotopic (exact) mass is 507 g/mol. The molecule has 1 aromatic heterocycles. The summed E-state index contributed by atoms with van der Waals surface area (Å²) in [5.41, 5.74) is 9.14. The molecule has 1 heterocycles. The first-order valence-corrected chi connectivity index (χ1v) is 13.4. The van der Waals surface area contributed by atoms with Gasteiger partial charge in [-0.3, -0.25) is 9.82 Å². The molecule has 3 aromatic carbocycles. The fraction of sp³-hybridized carbons (Fsp3) is 0.269. The third-order valence-electron chi connectivity index (χ3n) is 6.12. The minimum absolute atomic E-state index is 0.0740. The van der Waals surface area contributed by atoms with E-state index in [1.165, 1.54) is 30.7 Å².